The molecule has 0 spiro atoms. The Morgan fingerprint density at radius 1 is 1.27 bits per heavy atom. The fourth-order valence-electron chi connectivity index (χ4n) is 1.34. The Balaban J connectivity index is 2.36. The summed E-state index contributed by atoms with van der Waals surface area (Å²) >= 11 is 0. The lowest BCUT2D eigenvalue weighted by Crippen LogP contribution is -2.04. The number of hydrogen-bond acceptors (Lipinski definition) is 3. The summed E-state index contributed by atoms with van der Waals surface area (Å²) in [6.45, 7) is 1.73. The Bertz CT molecular complexity index is 435. The molecule has 15 heavy (non-hydrogen) atoms. The second kappa shape index (κ2) is 4.16. The van der Waals surface area contributed by atoms with Gasteiger partial charge >= 0.3 is 0 Å². The SMILES string of the molecule is Cc1ccc(-c2nnnn2CCF)cc1. The summed E-state index contributed by atoms with van der Waals surface area (Å²) in [7, 11) is 0. The zero-order valence-corrected chi connectivity index (χ0v) is 8.39. The highest BCUT2D eigenvalue weighted by Crippen LogP contribution is 2.15. The molecule has 0 unspecified atom stereocenters. The lowest BCUT2D eigenvalue weighted by atomic mass is 10.1. The van der Waals surface area contributed by atoms with Crippen molar-refractivity contribution in [2.24, 2.45) is 0 Å². The maximum atomic E-state index is 12.2. The normalized spacial score (nSPS) is 10.5. The molecule has 1 aromatic heterocycles. The molecule has 4 nitrogen and oxygen atoms in total. The quantitative estimate of drug-likeness (QED) is 0.766. The molecule has 2 rings (SSSR count). The van der Waals surface area contributed by atoms with Crippen LogP contribution < -0.4 is 0 Å². The van der Waals surface area contributed by atoms with Gasteiger partial charge in [-0.15, -0.1) is 5.10 Å². The zero-order valence-electron chi connectivity index (χ0n) is 8.39. The van der Waals surface area contributed by atoms with Crippen LogP contribution in [-0.4, -0.2) is 26.9 Å². The monoisotopic (exact) mass is 206 g/mol. The van der Waals surface area contributed by atoms with E-state index < -0.39 is 6.67 Å². The summed E-state index contributed by atoms with van der Waals surface area (Å²) in [6, 6.07) is 7.80. The van der Waals surface area contributed by atoms with Crippen LogP contribution in [-0.2, 0) is 6.54 Å². The number of benzene rings is 1. The van der Waals surface area contributed by atoms with E-state index in [0.717, 1.165) is 5.56 Å². The van der Waals surface area contributed by atoms with Gasteiger partial charge in [-0.1, -0.05) is 29.8 Å². The van der Waals surface area contributed by atoms with Crippen molar-refractivity contribution in [3.63, 3.8) is 0 Å². The number of nitrogens with zero attached hydrogens (tertiary/aromatic N) is 4. The number of aromatic nitrogens is 4. The van der Waals surface area contributed by atoms with Gasteiger partial charge in [0.1, 0.15) is 6.67 Å². The topological polar surface area (TPSA) is 43.6 Å². The lowest BCUT2D eigenvalue weighted by Gasteiger charge is -2.01. The number of hydrogen-bond donors (Lipinski definition) is 0. The van der Waals surface area contributed by atoms with Gasteiger partial charge in [-0.3, -0.25) is 0 Å². The summed E-state index contributed by atoms with van der Waals surface area (Å²) in [5, 5.41) is 11.1. The molecule has 78 valence electrons. The summed E-state index contributed by atoms with van der Waals surface area (Å²) in [5.41, 5.74) is 2.07. The number of aryl methyl sites for hydroxylation is 2. The van der Waals surface area contributed by atoms with E-state index in [-0.39, 0.29) is 6.54 Å². The fraction of sp³-hybridized carbons (Fsp3) is 0.300. The molecule has 0 saturated carbocycles. The number of rotatable bonds is 3. The molecule has 0 aliphatic rings. The number of alkyl halides is 1. The van der Waals surface area contributed by atoms with Gasteiger partial charge in [0, 0.05) is 5.56 Å². The molecule has 0 aliphatic carbocycles. The largest absolute Gasteiger partial charge is 0.249 e. The highest BCUT2D eigenvalue weighted by molar-refractivity contribution is 5.54. The molecule has 0 saturated heterocycles. The minimum Gasteiger partial charge on any atom is -0.249 e. The maximum Gasteiger partial charge on any atom is 0.182 e. The van der Waals surface area contributed by atoms with Gasteiger partial charge in [0.2, 0.25) is 0 Å². The van der Waals surface area contributed by atoms with Crippen molar-refractivity contribution in [1.82, 2.24) is 20.2 Å². The molecule has 5 heteroatoms. The lowest BCUT2D eigenvalue weighted by molar-refractivity contribution is 0.424. The smallest absolute Gasteiger partial charge is 0.182 e. The van der Waals surface area contributed by atoms with Crippen molar-refractivity contribution < 1.29 is 4.39 Å². The van der Waals surface area contributed by atoms with Crippen LogP contribution in [0.15, 0.2) is 24.3 Å². The van der Waals surface area contributed by atoms with E-state index in [9.17, 15) is 4.39 Å². The first-order chi connectivity index (χ1) is 7.31. The Morgan fingerprint density at radius 3 is 2.67 bits per heavy atom. The first kappa shape index (κ1) is 9.76. The second-order valence-corrected chi connectivity index (χ2v) is 3.28. The van der Waals surface area contributed by atoms with E-state index in [4.69, 9.17) is 0 Å². The standard InChI is InChI=1S/C10H11FN4/c1-8-2-4-9(5-3-8)10-12-13-14-15(10)7-6-11/h2-5H,6-7H2,1H3. The van der Waals surface area contributed by atoms with Gasteiger partial charge in [0.25, 0.3) is 0 Å². The van der Waals surface area contributed by atoms with Crippen molar-refractivity contribution in [1.29, 1.82) is 0 Å². The summed E-state index contributed by atoms with van der Waals surface area (Å²) in [4.78, 5) is 0. The minimum absolute atomic E-state index is 0.191. The van der Waals surface area contributed by atoms with E-state index in [1.54, 1.807) is 0 Å². The summed E-state index contributed by atoms with van der Waals surface area (Å²) in [5.74, 6) is 0.604. The predicted octanol–water partition coefficient (Wildman–Crippen LogP) is 1.62. The Labute approximate surface area is 86.7 Å². The predicted molar refractivity (Wildman–Crippen MR) is 54.0 cm³/mol. The third-order valence-electron chi connectivity index (χ3n) is 2.14. The van der Waals surface area contributed by atoms with Crippen LogP contribution in [0, 0.1) is 6.92 Å². The third-order valence-corrected chi connectivity index (χ3v) is 2.14. The molecular formula is C10H11FN4. The third kappa shape index (κ3) is 2.01. The maximum absolute atomic E-state index is 12.2. The summed E-state index contributed by atoms with van der Waals surface area (Å²) in [6.07, 6.45) is 0. The molecule has 0 radical (unpaired) electrons. The van der Waals surface area contributed by atoms with Gasteiger partial charge < -0.3 is 0 Å². The van der Waals surface area contributed by atoms with E-state index in [1.807, 2.05) is 31.2 Å². The van der Waals surface area contributed by atoms with Crippen molar-refractivity contribution in [2.45, 2.75) is 13.5 Å². The van der Waals surface area contributed by atoms with Gasteiger partial charge in [0.05, 0.1) is 6.54 Å². The van der Waals surface area contributed by atoms with E-state index >= 15 is 0 Å². The Kier molecular flexibility index (Phi) is 2.71. The van der Waals surface area contributed by atoms with E-state index in [2.05, 4.69) is 15.5 Å². The molecule has 1 heterocycles. The average molecular weight is 206 g/mol. The molecule has 0 fully saturated rings. The molecule has 0 amide bonds. The number of halogens is 1. The van der Waals surface area contributed by atoms with Crippen LogP contribution in [0.4, 0.5) is 4.39 Å². The van der Waals surface area contributed by atoms with Crippen LogP contribution >= 0.6 is 0 Å². The van der Waals surface area contributed by atoms with Crippen LogP contribution in [0.5, 0.6) is 0 Å². The first-order valence-electron chi connectivity index (χ1n) is 4.70. The highest BCUT2D eigenvalue weighted by atomic mass is 19.1. The van der Waals surface area contributed by atoms with Gasteiger partial charge in [-0.05, 0) is 17.4 Å². The van der Waals surface area contributed by atoms with Crippen LogP contribution in [0.1, 0.15) is 5.56 Å². The molecule has 0 aliphatic heterocycles. The molecular weight excluding hydrogens is 195 g/mol. The average Bonchev–Trinajstić information content (AvgIpc) is 2.68. The van der Waals surface area contributed by atoms with E-state index in [0.29, 0.717) is 5.82 Å². The van der Waals surface area contributed by atoms with Gasteiger partial charge in [-0.2, -0.15) is 0 Å². The van der Waals surface area contributed by atoms with Crippen molar-refractivity contribution in [3.05, 3.63) is 29.8 Å². The van der Waals surface area contributed by atoms with Crippen LogP contribution in [0.25, 0.3) is 11.4 Å². The molecule has 0 atom stereocenters. The molecule has 0 bridgehead atoms. The molecule has 2 aromatic rings. The van der Waals surface area contributed by atoms with Crippen LogP contribution in [0.2, 0.25) is 0 Å². The Morgan fingerprint density at radius 2 is 2.00 bits per heavy atom. The highest BCUT2D eigenvalue weighted by Gasteiger charge is 2.07. The van der Waals surface area contributed by atoms with E-state index in [1.165, 1.54) is 10.2 Å². The van der Waals surface area contributed by atoms with Gasteiger partial charge in [-0.25, -0.2) is 9.07 Å². The zero-order chi connectivity index (χ0) is 10.7. The fourth-order valence-corrected chi connectivity index (χ4v) is 1.34. The second-order valence-electron chi connectivity index (χ2n) is 3.28. The first-order valence-corrected chi connectivity index (χ1v) is 4.70. The summed E-state index contributed by atoms with van der Waals surface area (Å²) < 4.78 is 13.7. The molecule has 0 N–H and O–H groups in total. The van der Waals surface area contributed by atoms with Crippen molar-refractivity contribution >= 4 is 0 Å². The van der Waals surface area contributed by atoms with Crippen molar-refractivity contribution in [2.75, 3.05) is 6.67 Å². The Hall–Kier alpha value is -1.78. The van der Waals surface area contributed by atoms with Gasteiger partial charge in [0.15, 0.2) is 5.82 Å². The number of tetrazole rings is 1. The molecule has 1 aromatic carbocycles. The van der Waals surface area contributed by atoms with Crippen LogP contribution in [0.3, 0.4) is 0 Å². The van der Waals surface area contributed by atoms with Crippen molar-refractivity contribution in [3.8, 4) is 11.4 Å². The minimum atomic E-state index is -0.468.